The third-order valence-corrected chi connectivity index (χ3v) is 4.26. The number of rotatable bonds is 9. The van der Waals surface area contributed by atoms with Crippen molar-refractivity contribution in [2.75, 3.05) is 6.16 Å². The molecule has 0 spiro atoms. The Kier molecular flexibility index (Phi) is 7.84. The Bertz CT molecular complexity index is 363. The predicted molar refractivity (Wildman–Crippen MR) is 79.1 cm³/mol. The Hall–Kier alpha value is -0.750. The smallest absolute Gasteiger partial charge is 0.236 e. The van der Waals surface area contributed by atoms with Crippen molar-refractivity contribution < 1.29 is 9.09 Å². The van der Waals surface area contributed by atoms with Crippen molar-refractivity contribution >= 4 is 8.03 Å². The van der Waals surface area contributed by atoms with E-state index in [4.69, 9.17) is 4.52 Å². The first-order chi connectivity index (χ1) is 8.74. The Morgan fingerprint density at radius 3 is 2.44 bits per heavy atom. The van der Waals surface area contributed by atoms with Crippen LogP contribution in [0.25, 0.3) is 0 Å². The third kappa shape index (κ3) is 6.26. The van der Waals surface area contributed by atoms with Gasteiger partial charge in [-0.05, 0) is 25.0 Å². The summed E-state index contributed by atoms with van der Waals surface area (Å²) in [6.07, 6.45) is 8.05. The molecule has 102 valence electrons. The van der Waals surface area contributed by atoms with E-state index >= 15 is 0 Å². The normalized spacial score (nSPS) is 12.3. The second kappa shape index (κ2) is 9.22. The molecule has 0 aliphatic heterocycles. The van der Waals surface area contributed by atoms with Crippen LogP contribution in [0.15, 0.2) is 24.3 Å². The molecular weight excluding hydrogens is 243 g/mol. The van der Waals surface area contributed by atoms with E-state index in [1.165, 1.54) is 32.1 Å². The number of unbranched alkanes of at least 4 members (excludes halogenated alkanes) is 5. The number of aryl methyl sites for hydroxylation is 1. The van der Waals surface area contributed by atoms with Crippen LogP contribution in [0.2, 0.25) is 0 Å². The fourth-order valence-corrected chi connectivity index (χ4v) is 3.01. The van der Waals surface area contributed by atoms with Crippen LogP contribution < -0.4 is 4.52 Å². The summed E-state index contributed by atoms with van der Waals surface area (Å²) in [4.78, 5) is 0. The highest BCUT2D eigenvalue weighted by atomic mass is 31.1. The molecule has 0 aliphatic carbocycles. The van der Waals surface area contributed by atoms with E-state index in [1.54, 1.807) is 0 Å². The fourth-order valence-electron chi connectivity index (χ4n) is 1.89. The van der Waals surface area contributed by atoms with E-state index in [-0.39, 0.29) is 0 Å². The van der Waals surface area contributed by atoms with Crippen LogP contribution in [0.5, 0.6) is 5.75 Å². The maximum absolute atomic E-state index is 11.8. The molecule has 1 aromatic carbocycles. The van der Waals surface area contributed by atoms with Gasteiger partial charge in [0.05, 0.1) is 0 Å². The first kappa shape index (κ1) is 15.3. The highest BCUT2D eigenvalue weighted by Crippen LogP contribution is 2.30. The van der Waals surface area contributed by atoms with Gasteiger partial charge in [0.15, 0.2) is 0 Å². The fraction of sp³-hybridized carbons (Fsp3) is 0.600. The van der Waals surface area contributed by atoms with Gasteiger partial charge in [-0.15, -0.1) is 0 Å². The lowest BCUT2D eigenvalue weighted by molar-refractivity contribution is 0.499. The zero-order chi connectivity index (χ0) is 13.2. The second-order valence-corrected chi connectivity index (χ2v) is 6.21. The molecule has 0 heterocycles. The standard InChI is InChI=1S/C15H25O2P/c1-3-4-5-6-7-10-13-18(16)17-15-12-9-8-11-14(15)2/h8-9,11-12,18H,3-7,10,13H2,1-2H3. The van der Waals surface area contributed by atoms with Crippen molar-refractivity contribution in [1.82, 2.24) is 0 Å². The molecule has 1 aromatic rings. The van der Waals surface area contributed by atoms with Gasteiger partial charge in [-0.1, -0.05) is 57.2 Å². The summed E-state index contributed by atoms with van der Waals surface area (Å²) in [6, 6.07) is 7.75. The summed E-state index contributed by atoms with van der Waals surface area (Å²) in [5.41, 5.74) is 1.05. The predicted octanol–water partition coefficient (Wildman–Crippen LogP) is 5.21. The van der Waals surface area contributed by atoms with Gasteiger partial charge in [-0.3, -0.25) is 4.57 Å². The van der Waals surface area contributed by atoms with Crippen LogP contribution in [0.1, 0.15) is 51.0 Å². The summed E-state index contributed by atoms with van der Waals surface area (Å²) >= 11 is 0. The van der Waals surface area contributed by atoms with Crippen molar-refractivity contribution in [1.29, 1.82) is 0 Å². The van der Waals surface area contributed by atoms with E-state index < -0.39 is 8.03 Å². The molecule has 0 fully saturated rings. The van der Waals surface area contributed by atoms with E-state index in [2.05, 4.69) is 6.92 Å². The molecule has 1 rings (SSSR count). The summed E-state index contributed by atoms with van der Waals surface area (Å²) in [6.45, 7) is 4.20. The molecule has 0 aliphatic rings. The zero-order valence-electron chi connectivity index (χ0n) is 11.6. The van der Waals surface area contributed by atoms with E-state index in [9.17, 15) is 4.57 Å². The third-order valence-electron chi connectivity index (χ3n) is 3.05. The molecule has 1 unspecified atom stereocenters. The van der Waals surface area contributed by atoms with Gasteiger partial charge in [0.25, 0.3) is 0 Å². The van der Waals surface area contributed by atoms with Crippen molar-refractivity contribution in [3.63, 3.8) is 0 Å². The average molecular weight is 268 g/mol. The van der Waals surface area contributed by atoms with Gasteiger partial charge in [-0.25, -0.2) is 0 Å². The van der Waals surface area contributed by atoms with Crippen LogP contribution in [0, 0.1) is 6.92 Å². The molecule has 18 heavy (non-hydrogen) atoms. The van der Waals surface area contributed by atoms with Crippen LogP contribution in [0.3, 0.4) is 0 Å². The van der Waals surface area contributed by atoms with Gasteiger partial charge < -0.3 is 4.52 Å². The highest BCUT2D eigenvalue weighted by molar-refractivity contribution is 7.39. The number of benzene rings is 1. The molecule has 0 amide bonds. The van der Waals surface area contributed by atoms with Gasteiger partial charge >= 0.3 is 0 Å². The summed E-state index contributed by atoms with van der Waals surface area (Å²) in [5.74, 6) is 0.771. The summed E-state index contributed by atoms with van der Waals surface area (Å²) < 4.78 is 17.3. The van der Waals surface area contributed by atoms with Crippen LogP contribution >= 0.6 is 8.03 Å². The van der Waals surface area contributed by atoms with E-state index in [1.807, 2.05) is 31.2 Å². The summed E-state index contributed by atoms with van der Waals surface area (Å²) in [5, 5.41) is 0. The van der Waals surface area contributed by atoms with Crippen LogP contribution in [-0.2, 0) is 4.57 Å². The number of para-hydroxylation sites is 1. The Balaban J connectivity index is 2.16. The quantitative estimate of drug-likeness (QED) is 0.454. The van der Waals surface area contributed by atoms with Crippen molar-refractivity contribution in [2.45, 2.75) is 52.4 Å². The van der Waals surface area contributed by atoms with Crippen molar-refractivity contribution in [3.05, 3.63) is 29.8 Å². The lowest BCUT2D eigenvalue weighted by Gasteiger charge is -2.08. The molecule has 0 saturated heterocycles. The summed E-state index contributed by atoms with van der Waals surface area (Å²) in [7, 11) is -1.91. The maximum Gasteiger partial charge on any atom is 0.236 e. The van der Waals surface area contributed by atoms with Crippen molar-refractivity contribution in [2.24, 2.45) is 0 Å². The number of hydrogen-bond donors (Lipinski definition) is 0. The van der Waals surface area contributed by atoms with E-state index in [0.717, 1.165) is 17.7 Å². The zero-order valence-corrected chi connectivity index (χ0v) is 12.6. The topological polar surface area (TPSA) is 26.3 Å². The Morgan fingerprint density at radius 2 is 1.72 bits per heavy atom. The minimum absolute atomic E-state index is 0.713. The lowest BCUT2D eigenvalue weighted by Crippen LogP contribution is -1.89. The van der Waals surface area contributed by atoms with Gasteiger partial charge in [0.2, 0.25) is 8.03 Å². The molecule has 0 N–H and O–H groups in total. The largest absolute Gasteiger partial charge is 0.444 e. The van der Waals surface area contributed by atoms with E-state index in [0.29, 0.717) is 6.16 Å². The van der Waals surface area contributed by atoms with Crippen molar-refractivity contribution in [3.8, 4) is 5.75 Å². The molecule has 0 radical (unpaired) electrons. The van der Waals surface area contributed by atoms with Gasteiger partial charge in [-0.2, -0.15) is 0 Å². The molecule has 2 nitrogen and oxygen atoms in total. The average Bonchev–Trinajstić information content (AvgIpc) is 2.36. The lowest BCUT2D eigenvalue weighted by atomic mass is 10.1. The second-order valence-electron chi connectivity index (χ2n) is 4.76. The highest BCUT2D eigenvalue weighted by Gasteiger charge is 2.03. The van der Waals surface area contributed by atoms with Gasteiger partial charge in [0, 0.05) is 6.16 Å². The SMILES string of the molecule is CCCCCCCC[PH](=O)Oc1ccccc1C. The molecule has 0 saturated carbocycles. The Labute approximate surface area is 112 Å². The number of hydrogen-bond acceptors (Lipinski definition) is 2. The molecule has 0 aromatic heterocycles. The van der Waals surface area contributed by atoms with Gasteiger partial charge in [0.1, 0.15) is 5.75 Å². The molecular formula is C15H25O2P. The monoisotopic (exact) mass is 268 g/mol. The minimum Gasteiger partial charge on any atom is -0.444 e. The molecule has 1 atom stereocenters. The molecule has 3 heteroatoms. The first-order valence-corrected chi connectivity index (χ1v) is 8.52. The first-order valence-electron chi connectivity index (χ1n) is 7.00. The molecule has 0 bridgehead atoms. The van der Waals surface area contributed by atoms with Crippen LogP contribution in [0.4, 0.5) is 0 Å². The maximum atomic E-state index is 11.8. The minimum atomic E-state index is -1.91. The Morgan fingerprint density at radius 1 is 1.06 bits per heavy atom. The van der Waals surface area contributed by atoms with Crippen LogP contribution in [-0.4, -0.2) is 6.16 Å².